The lowest BCUT2D eigenvalue weighted by Gasteiger charge is -2.31. The Hall–Kier alpha value is -1.92. The van der Waals surface area contributed by atoms with Crippen molar-refractivity contribution in [2.75, 3.05) is 13.2 Å². The highest BCUT2D eigenvalue weighted by Crippen LogP contribution is 2.18. The first-order chi connectivity index (χ1) is 12.7. The molecule has 0 aromatic heterocycles. The summed E-state index contributed by atoms with van der Waals surface area (Å²) in [5.41, 5.74) is 8.70. The number of carbonyl (C=O) groups is 1. The van der Waals surface area contributed by atoms with Gasteiger partial charge in [-0.15, -0.1) is 12.4 Å². The number of hydrogen-bond donors (Lipinski definition) is 2. The lowest BCUT2D eigenvalue weighted by Crippen LogP contribution is -2.56. The van der Waals surface area contributed by atoms with E-state index in [-0.39, 0.29) is 18.3 Å². The largest absolute Gasteiger partial charge is 0.381 e. The van der Waals surface area contributed by atoms with Crippen LogP contribution in [0.2, 0.25) is 0 Å². The van der Waals surface area contributed by atoms with Crippen molar-refractivity contribution in [3.05, 3.63) is 71.3 Å². The summed E-state index contributed by atoms with van der Waals surface area (Å²) >= 11 is 0. The van der Waals surface area contributed by atoms with E-state index in [9.17, 15) is 4.79 Å². The summed E-state index contributed by atoms with van der Waals surface area (Å²) in [4.78, 5) is 12.3. The zero-order valence-electron chi connectivity index (χ0n) is 15.4. The molecule has 0 bridgehead atoms. The van der Waals surface area contributed by atoms with Crippen molar-refractivity contribution in [2.24, 2.45) is 5.73 Å². The molecule has 1 fully saturated rings. The summed E-state index contributed by atoms with van der Waals surface area (Å²) in [7, 11) is 0. The van der Waals surface area contributed by atoms with Crippen LogP contribution in [0, 0.1) is 0 Å². The number of amides is 1. The highest BCUT2D eigenvalue weighted by atomic mass is 35.5. The van der Waals surface area contributed by atoms with Gasteiger partial charge in [-0.2, -0.15) is 0 Å². The highest BCUT2D eigenvalue weighted by Gasteiger charge is 2.35. The van der Waals surface area contributed by atoms with Gasteiger partial charge in [-0.3, -0.25) is 4.79 Å². The maximum atomic E-state index is 12.3. The predicted octanol–water partition coefficient (Wildman–Crippen LogP) is 2.95. The summed E-state index contributed by atoms with van der Waals surface area (Å²) in [5.74, 6) is -0.101. The summed E-state index contributed by atoms with van der Waals surface area (Å²) in [6, 6.07) is 18.2. The molecule has 0 spiro atoms. The quantitative estimate of drug-likeness (QED) is 0.762. The molecule has 27 heavy (non-hydrogen) atoms. The van der Waals surface area contributed by atoms with Crippen molar-refractivity contribution < 1.29 is 14.3 Å². The Kier molecular flexibility index (Phi) is 8.25. The first-order valence-corrected chi connectivity index (χ1v) is 9.00. The Morgan fingerprint density at radius 2 is 1.52 bits per heavy atom. The van der Waals surface area contributed by atoms with Gasteiger partial charge in [0.2, 0.25) is 5.91 Å². The summed E-state index contributed by atoms with van der Waals surface area (Å²) in [6.07, 6.45) is 1.13. The van der Waals surface area contributed by atoms with Crippen LogP contribution in [0.1, 0.15) is 29.5 Å². The second kappa shape index (κ2) is 10.4. The Balaban J connectivity index is 0.00000261. The van der Waals surface area contributed by atoms with Gasteiger partial charge < -0.3 is 20.5 Å². The van der Waals surface area contributed by atoms with Crippen molar-refractivity contribution in [1.29, 1.82) is 0 Å². The van der Waals surface area contributed by atoms with E-state index in [0.717, 1.165) is 16.7 Å². The molecule has 0 radical (unpaired) electrons. The molecule has 0 saturated carbocycles. The molecule has 0 unspecified atom stereocenters. The average molecular weight is 391 g/mol. The number of ether oxygens (including phenoxy) is 2. The molecule has 1 amide bonds. The lowest BCUT2D eigenvalue weighted by molar-refractivity contribution is -0.129. The Labute approximate surface area is 166 Å². The molecule has 3 N–H and O–H groups in total. The minimum absolute atomic E-state index is 0. The van der Waals surface area contributed by atoms with E-state index in [1.54, 1.807) is 0 Å². The first-order valence-electron chi connectivity index (χ1n) is 9.00. The monoisotopic (exact) mass is 390 g/mol. The van der Waals surface area contributed by atoms with Crippen molar-refractivity contribution in [3.8, 4) is 0 Å². The maximum absolute atomic E-state index is 12.3. The molecule has 0 aliphatic carbocycles. The fourth-order valence-corrected chi connectivity index (χ4v) is 2.94. The normalized spacial score (nSPS) is 15.6. The van der Waals surface area contributed by atoms with E-state index in [0.29, 0.717) is 45.8 Å². The minimum atomic E-state index is -0.802. The van der Waals surface area contributed by atoms with Crippen LogP contribution in [-0.2, 0) is 34.0 Å². The van der Waals surface area contributed by atoms with E-state index in [4.69, 9.17) is 15.2 Å². The first kappa shape index (κ1) is 21.4. The molecular weight excluding hydrogens is 364 g/mol. The van der Waals surface area contributed by atoms with Gasteiger partial charge in [0.15, 0.2) is 0 Å². The van der Waals surface area contributed by atoms with Crippen molar-refractivity contribution in [2.45, 2.75) is 38.1 Å². The molecule has 1 heterocycles. The van der Waals surface area contributed by atoms with Crippen LogP contribution in [0.15, 0.2) is 54.6 Å². The number of hydrogen-bond acceptors (Lipinski definition) is 4. The third-order valence-corrected chi connectivity index (χ3v) is 4.69. The minimum Gasteiger partial charge on any atom is -0.381 e. The number of carbonyl (C=O) groups excluding carboxylic acids is 1. The second-order valence-corrected chi connectivity index (χ2v) is 6.75. The number of rotatable bonds is 7. The number of nitrogens with two attached hydrogens (primary N) is 1. The van der Waals surface area contributed by atoms with Crippen molar-refractivity contribution in [3.63, 3.8) is 0 Å². The summed E-state index contributed by atoms with van der Waals surface area (Å²) in [5, 5.41) is 2.94. The topological polar surface area (TPSA) is 73.6 Å². The Morgan fingerprint density at radius 3 is 2.15 bits per heavy atom. The van der Waals surface area contributed by atoms with Crippen LogP contribution in [0.3, 0.4) is 0 Å². The Morgan fingerprint density at radius 1 is 0.963 bits per heavy atom. The van der Waals surface area contributed by atoms with Gasteiger partial charge in [0.25, 0.3) is 0 Å². The second-order valence-electron chi connectivity index (χ2n) is 6.75. The number of nitrogens with one attached hydrogen (secondary N) is 1. The van der Waals surface area contributed by atoms with E-state index in [2.05, 4.69) is 17.4 Å². The van der Waals surface area contributed by atoms with Gasteiger partial charge in [0.05, 0.1) is 18.8 Å². The predicted molar refractivity (Wildman–Crippen MR) is 107 cm³/mol. The molecule has 3 rings (SSSR count). The molecular formula is C21H27ClN2O3. The molecule has 5 nitrogen and oxygen atoms in total. The third-order valence-electron chi connectivity index (χ3n) is 4.69. The van der Waals surface area contributed by atoms with Gasteiger partial charge in [-0.25, -0.2) is 0 Å². The lowest BCUT2D eigenvalue weighted by atomic mass is 9.90. The number of benzene rings is 2. The highest BCUT2D eigenvalue weighted by molar-refractivity contribution is 5.86. The molecule has 0 atom stereocenters. The standard InChI is InChI=1S/C21H26N2O3.ClH/c22-21(10-12-25-13-11-21)20(24)23-14-17-6-8-19(9-7-17)16-26-15-18-4-2-1-3-5-18;/h1-9H,10-16,22H2,(H,23,24);1H. The molecule has 2 aromatic rings. The van der Waals surface area contributed by atoms with Crippen LogP contribution in [0.25, 0.3) is 0 Å². The van der Waals surface area contributed by atoms with Crippen molar-refractivity contribution in [1.82, 2.24) is 5.32 Å². The molecule has 1 aliphatic heterocycles. The zero-order valence-corrected chi connectivity index (χ0v) is 16.2. The van der Waals surface area contributed by atoms with Crippen LogP contribution in [0.4, 0.5) is 0 Å². The van der Waals surface area contributed by atoms with Crippen LogP contribution in [0.5, 0.6) is 0 Å². The Bertz CT molecular complexity index is 701. The van der Waals surface area contributed by atoms with E-state index >= 15 is 0 Å². The fraction of sp³-hybridized carbons (Fsp3) is 0.381. The molecule has 1 saturated heterocycles. The van der Waals surface area contributed by atoms with E-state index in [1.165, 1.54) is 0 Å². The van der Waals surface area contributed by atoms with Gasteiger partial charge in [0.1, 0.15) is 0 Å². The molecule has 2 aromatic carbocycles. The van der Waals surface area contributed by atoms with Crippen LogP contribution < -0.4 is 11.1 Å². The van der Waals surface area contributed by atoms with Crippen LogP contribution in [-0.4, -0.2) is 24.7 Å². The number of halogens is 1. The zero-order chi connectivity index (χ0) is 18.2. The van der Waals surface area contributed by atoms with Gasteiger partial charge in [0, 0.05) is 19.8 Å². The molecule has 6 heteroatoms. The van der Waals surface area contributed by atoms with Gasteiger partial charge in [-0.05, 0) is 29.5 Å². The maximum Gasteiger partial charge on any atom is 0.240 e. The van der Waals surface area contributed by atoms with E-state index in [1.807, 2.05) is 42.5 Å². The summed E-state index contributed by atoms with van der Waals surface area (Å²) in [6.45, 7) is 2.72. The van der Waals surface area contributed by atoms with Gasteiger partial charge in [-0.1, -0.05) is 54.6 Å². The molecule has 146 valence electrons. The smallest absolute Gasteiger partial charge is 0.240 e. The molecule has 1 aliphatic rings. The van der Waals surface area contributed by atoms with Crippen molar-refractivity contribution >= 4 is 18.3 Å². The van der Waals surface area contributed by atoms with Crippen LogP contribution >= 0.6 is 12.4 Å². The average Bonchev–Trinajstić information content (AvgIpc) is 2.68. The fourth-order valence-electron chi connectivity index (χ4n) is 2.94. The van der Waals surface area contributed by atoms with Gasteiger partial charge >= 0.3 is 0 Å². The summed E-state index contributed by atoms with van der Waals surface area (Å²) < 4.78 is 11.0. The SMILES string of the molecule is Cl.NC1(C(=O)NCc2ccc(COCc3ccccc3)cc2)CCOCC1. The third kappa shape index (κ3) is 6.33. The van der Waals surface area contributed by atoms with E-state index < -0.39 is 5.54 Å².